The van der Waals surface area contributed by atoms with Crippen LogP contribution in [0.3, 0.4) is 0 Å². The molecular formula is C34H24Cl2N2O3. The summed E-state index contributed by atoms with van der Waals surface area (Å²) in [6, 6.07) is 35.6. The lowest BCUT2D eigenvalue weighted by atomic mass is 10.1. The Hall–Kier alpha value is -4.76. The summed E-state index contributed by atoms with van der Waals surface area (Å²) >= 11 is 12.7. The van der Waals surface area contributed by atoms with Gasteiger partial charge >= 0.3 is 0 Å². The first-order valence-electron chi connectivity index (χ1n) is 12.8. The van der Waals surface area contributed by atoms with Gasteiger partial charge in [-0.25, -0.2) is 0 Å². The van der Waals surface area contributed by atoms with Crippen LogP contribution >= 0.6 is 23.2 Å². The zero-order valence-corrected chi connectivity index (χ0v) is 23.3. The summed E-state index contributed by atoms with van der Waals surface area (Å²) in [6.07, 6.45) is 1.48. The van der Waals surface area contributed by atoms with Crippen molar-refractivity contribution in [3.05, 3.63) is 142 Å². The lowest BCUT2D eigenvalue weighted by molar-refractivity contribution is -0.112. The largest absolute Gasteiger partial charge is 0.489 e. The summed E-state index contributed by atoms with van der Waals surface area (Å²) in [5.74, 6) is 0.595. The molecule has 0 aliphatic rings. The minimum Gasteiger partial charge on any atom is -0.489 e. The van der Waals surface area contributed by atoms with Gasteiger partial charge in [0.25, 0.3) is 5.91 Å². The number of rotatable bonds is 9. The lowest BCUT2D eigenvalue weighted by Gasteiger charge is -2.11. The molecule has 0 saturated heterocycles. The van der Waals surface area contributed by atoms with E-state index in [1.165, 1.54) is 6.08 Å². The molecule has 5 rings (SSSR count). The first kappa shape index (κ1) is 27.8. The molecule has 0 heterocycles. The lowest BCUT2D eigenvalue weighted by Crippen LogP contribution is -2.13. The smallest absolute Gasteiger partial charge is 0.266 e. The van der Waals surface area contributed by atoms with Crippen molar-refractivity contribution in [1.82, 2.24) is 0 Å². The van der Waals surface area contributed by atoms with E-state index >= 15 is 0 Å². The van der Waals surface area contributed by atoms with Gasteiger partial charge in [0.05, 0.1) is 5.02 Å². The van der Waals surface area contributed by atoms with Crippen molar-refractivity contribution in [3.8, 4) is 17.6 Å². The van der Waals surface area contributed by atoms with Crippen LogP contribution in [0.15, 0.2) is 115 Å². The van der Waals surface area contributed by atoms with Crippen LogP contribution in [0.25, 0.3) is 16.8 Å². The molecule has 0 radical (unpaired) electrons. The molecule has 0 spiro atoms. The fraction of sp³-hybridized carbons (Fsp3) is 0.0588. The quantitative estimate of drug-likeness (QED) is 0.140. The van der Waals surface area contributed by atoms with Crippen molar-refractivity contribution in [1.29, 1.82) is 5.26 Å². The molecule has 1 amide bonds. The monoisotopic (exact) mass is 578 g/mol. The SMILES string of the molecule is N#C/C(=C\c1ccc(OCc2cccc3ccccc23)c(Cl)c1)C(=O)Nc1ccc(OCc2ccccc2Cl)cc1. The van der Waals surface area contributed by atoms with E-state index in [9.17, 15) is 10.1 Å². The van der Waals surface area contributed by atoms with Gasteiger partial charge in [0.2, 0.25) is 0 Å². The molecule has 0 aliphatic heterocycles. The average Bonchev–Trinajstić information content (AvgIpc) is 2.99. The highest BCUT2D eigenvalue weighted by molar-refractivity contribution is 6.32. The highest BCUT2D eigenvalue weighted by atomic mass is 35.5. The molecule has 0 aliphatic carbocycles. The molecular weight excluding hydrogens is 555 g/mol. The number of hydrogen-bond donors (Lipinski definition) is 1. The molecule has 5 aromatic carbocycles. The maximum absolute atomic E-state index is 12.8. The number of nitrogens with one attached hydrogen (secondary N) is 1. The van der Waals surface area contributed by atoms with Gasteiger partial charge in [0.1, 0.15) is 36.4 Å². The van der Waals surface area contributed by atoms with Crippen LogP contribution in [0.1, 0.15) is 16.7 Å². The molecule has 0 bridgehead atoms. The van der Waals surface area contributed by atoms with E-state index in [0.717, 1.165) is 21.9 Å². The van der Waals surface area contributed by atoms with Crippen molar-refractivity contribution in [2.75, 3.05) is 5.32 Å². The number of nitriles is 1. The predicted octanol–water partition coefficient (Wildman–Crippen LogP) is 8.85. The van der Waals surface area contributed by atoms with Crippen LogP contribution in [0, 0.1) is 11.3 Å². The summed E-state index contributed by atoms with van der Waals surface area (Å²) in [6.45, 7) is 0.675. The number of carbonyl (C=O) groups is 1. The van der Waals surface area contributed by atoms with Gasteiger partial charge in [-0.3, -0.25) is 4.79 Å². The molecule has 7 heteroatoms. The van der Waals surface area contributed by atoms with E-state index < -0.39 is 5.91 Å². The average molecular weight is 579 g/mol. The van der Waals surface area contributed by atoms with Gasteiger partial charge in [-0.2, -0.15) is 5.26 Å². The number of nitrogens with zero attached hydrogens (tertiary/aromatic N) is 1. The molecule has 0 saturated carbocycles. The van der Waals surface area contributed by atoms with Crippen molar-refractivity contribution in [3.63, 3.8) is 0 Å². The Morgan fingerprint density at radius 2 is 1.49 bits per heavy atom. The molecule has 0 unspecified atom stereocenters. The van der Waals surface area contributed by atoms with Gasteiger partial charge in [-0.15, -0.1) is 0 Å². The number of anilines is 1. The number of halogens is 2. The highest BCUT2D eigenvalue weighted by Gasteiger charge is 2.12. The third-order valence-electron chi connectivity index (χ3n) is 6.36. The van der Waals surface area contributed by atoms with Crippen molar-refractivity contribution in [2.24, 2.45) is 0 Å². The van der Waals surface area contributed by atoms with Crippen molar-refractivity contribution < 1.29 is 14.3 Å². The summed E-state index contributed by atoms with van der Waals surface area (Å²) in [5.41, 5.74) is 2.98. The first-order chi connectivity index (χ1) is 20.0. The van der Waals surface area contributed by atoms with E-state index in [1.54, 1.807) is 42.5 Å². The Labute approximate surface area is 248 Å². The van der Waals surface area contributed by atoms with Crippen LogP contribution in [-0.2, 0) is 18.0 Å². The topological polar surface area (TPSA) is 71.3 Å². The number of amides is 1. The zero-order valence-electron chi connectivity index (χ0n) is 21.8. The van der Waals surface area contributed by atoms with Crippen LogP contribution in [0.4, 0.5) is 5.69 Å². The second-order valence-electron chi connectivity index (χ2n) is 9.15. The molecule has 5 nitrogen and oxygen atoms in total. The van der Waals surface area contributed by atoms with E-state index in [-0.39, 0.29) is 5.57 Å². The fourth-order valence-corrected chi connectivity index (χ4v) is 4.66. The summed E-state index contributed by atoms with van der Waals surface area (Å²) in [7, 11) is 0. The summed E-state index contributed by atoms with van der Waals surface area (Å²) in [5, 5.41) is 15.6. The van der Waals surface area contributed by atoms with Gasteiger partial charge in [-0.05, 0) is 70.4 Å². The standard InChI is InChI=1S/C34H24Cl2N2O3/c35-31-11-4-2-7-26(31)22-40-29-15-13-28(14-16-29)38-34(39)27(20-37)18-23-12-17-33(32(36)19-23)41-21-25-9-5-8-24-6-1-3-10-30(24)25/h1-19H,21-22H2,(H,38,39)/b27-18+. The zero-order chi connectivity index (χ0) is 28.6. The van der Waals surface area contributed by atoms with Gasteiger partial charge in [0, 0.05) is 16.3 Å². The van der Waals surface area contributed by atoms with Crippen molar-refractivity contribution in [2.45, 2.75) is 13.2 Å². The van der Waals surface area contributed by atoms with Crippen LogP contribution in [0.2, 0.25) is 10.0 Å². The molecule has 0 aromatic heterocycles. The minimum atomic E-state index is -0.537. The molecule has 0 fully saturated rings. The molecule has 0 atom stereocenters. The normalized spacial score (nSPS) is 11.1. The van der Waals surface area contributed by atoms with E-state index in [0.29, 0.717) is 46.0 Å². The molecule has 202 valence electrons. The predicted molar refractivity (Wildman–Crippen MR) is 164 cm³/mol. The minimum absolute atomic E-state index is 0.0652. The maximum atomic E-state index is 12.8. The number of carbonyl (C=O) groups excluding carboxylic acids is 1. The third kappa shape index (κ3) is 7.06. The maximum Gasteiger partial charge on any atom is 0.266 e. The third-order valence-corrected chi connectivity index (χ3v) is 7.02. The Morgan fingerprint density at radius 3 is 2.27 bits per heavy atom. The van der Waals surface area contributed by atoms with Gasteiger partial charge in [0.15, 0.2) is 0 Å². The second-order valence-corrected chi connectivity index (χ2v) is 9.96. The number of benzene rings is 5. The van der Waals surface area contributed by atoms with Gasteiger partial charge in [-0.1, -0.05) is 89.9 Å². The van der Waals surface area contributed by atoms with E-state index in [2.05, 4.69) is 23.5 Å². The summed E-state index contributed by atoms with van der Waals surface area (Å²) < 4.78 is 11.8. The van der Waals surface area contributed by atoms with Gasteiger partial charge < -0.3 is 14.8 Å². The van der Waals surface area contributed by atoms with Crippen LogP contribution < -0.4 is 14.8 Å². The number of hydrogen-bond acceptors (Lipinski definition) is 4. The molecule has 41 heavy (non-hydrogen) atoms. The highest BCUT2D eigenvalue weighted by Crippen LogP contribution is 2.29. The second kappa shape index (κ2) is 13.1. The Morgan fingerprint density at radius 1 is 0.780 bits per heavy atom. The Bertz CT molecular complexity index is 1770. The number of fused-ring (bicyclic) bond motifs is 1. The van der Waals surface area contributed by atoms with Crippen LogP contribution in [-0.4, -0.2) is 5.91 Å². The van der Waals surface area contributed by atoms with E-state index in [4.69, 9.17) is 32.7 Å². The van der Waals surface area contributed by atoms with Crippen LogP contribution in [0.5, 0.6) is 11.5 Å². The Balaban J connectivity index is 1.20. The van der Waals surface area contributed by atoms with Crippen molar-refractivity contribution >= 4 is 51.6 Å². The number of ether oxygens (including phenoxy) is 2. The summed E-state index contributed by atoms with van der Waals surface area (Å²) in [4.78, 5) is 12.8. The fourth-order valence-electron chi connectivity index (χ4n) is 4.22. The first-order valence-corrected chi connectivity index (χ1v) is 13.5. The molecule has 1 N–H and O–H groups in total. The molecule has 5 aromatic rings. The Kier molecular flexibility index (Phi) is 8.85. The van der Waals surface area contributed by atoms with E-state index in [1.807, 2.05) is 54.6 Å².